The molecule has 0 aliphatic carbocycles. The third-order valence-electron chi connectivity index (χ3n) is 5.72. The van der Waals surface area contributed by atoms with Crippen LogP contribution < -0.4 is 9.47 Å². The van der Waals surface area contributed by atoms with Crippen molar-refractivity contribution >= 4 is 28.7 Å². The van der Waals surface area contributed by atoms with E-state index in [2.05, 4.69) is 15.1 Å². The molecule has 0 saturated carbocycles. The van der Waals surface area contributed by atoms with E-state index in [1.54, 1.807) is 52.1 Å². The number of H-pyrrole nitrogens is 1. The highest BCUT2D eigenvalue weighted by atomic mass is 19.1. The molecule has 0 amide bonds. The van der Waals surface area contributed by atoms with Crippen molar-refractivity contribution in [3.63, 3.8) is 0 Å². The number of aromatic amines is 1. The maximum absolute atomic E-state index is 15.0. The lowest BCUT2D eigenvalue weighted by Gasteiger charge is -2.23. The Morgan fingerprint density at radius 2 is 2.06 bits per heavy atom. The first-order chi connectivity index (χ1) is 16.6. The van der Waals surface area contributed by atoms with E-state index in [4.69, 9.17) is 14.2 Å². The third kappa shape index (κ3) is 4.82. The second-order valence-corrected chi connectivity index (χ2v) is 9.15. The number of carbonyl (C=O) groups is 2. The highest BCUT2D eigenvalue weighted by molar-refractivity contribution is 5.83. The molecular weight excluding hydrogens is 455 g/mol. The number of hydrogen-bond donors (Lipinski definition) is 1. The van der Waals surface area contributed by atoms with Gasteiger partial charge in [-0.3, -0.25) is 4.79 Å². The predicted octanol–water partition coefficient (Wildman–Crippen LogP) is 4.68. The number of aldehydes is 1. The molecule has 0 aliphatic heterocycles. The minimum atomic E-state index is -0.907. The summed E-state index contributed by atoms with van der Waals surface area (Å²) >= 11 is 0. The number of aromatic nitrogens is 4. The van der Waals surface area contributed by atoms with Gasteiger partial charge in [0.2, 0.25) is 5.88 Å². The van der Waals surface area contributed by atoms with Gasteiger partial charge in [-0.2, -0.15) is 10.1 Å². The number of benzene rings is 1. The monoisotopic (exact) mass is 482 g/mol. The molecule has 0 saturated heterocycles. The van der Waals surface area contributed by atoms with Gasteiger partial charge in [-0.05, 0) is 52.8 Å². The molecular formula is C25H27FN4O5. The van der Waals surface area contributed by atoms with Gasteiger partial charge in [0.15, 0.2) is 11.6 Å². The number of hydrogen-bond acceptors (Lipinski definition) is 7. The molecule has 0 spiro atoms. The summed E-state index contributed by atoms with van der Waals surface area (Å²) < 4.78 is 33.7. The van der Waals surface area contributed by atoms with Gasteiger partial charge in [0, 0.05) is 28.6 Å². The highest BCUT2D eigenvalue weighted by Gasteiger charge is 2.30. The van der Waals surface area contributed by atoms with Gasteiger partial charge in [-0.25, -0.2) is 8.91 Å². The summed E-state index contributed by atoms with van der Waals surface area (Å²) in [7, 11) is 0. The minimum absolute atomic E-state index is 0.0404. The quantitative estimate of drug-likeness (QED) is 0.272. The molecule has 35 heavy (non-hydrogen) atoms. The zero-order chi connectivity index (χ0) is 25.3. The largest absolute Gasteiger partial charge is 0.488 e. The Kier molecular flexibility index (Phi) is 6.47. The van der Waals surface area contributed by atoms with E-state index >= 15 is 4.39 Å². The van der Waals surface area contributed by atoms with Crippen molar-refractivity contribution in [2.24, 2.45) is 5.41 Å². The van der Waals surface area contributed by atoms with E-state index in [-0.39, 0.29) is 24.7 Å². The fraction of sp³-hybridized carbons (Fsp3) is 0.360. The first-order valence-corrected chi connectivity index (χ1v) is 11.2. The van der Waals surface area contributed by atoms with E-state index in [0.29, 0.717) is 34.0 Å². The summed E-state index contributed by atoms with van der Waals surface area (Å²) in [6.07, 6.45) is 3.18. The fourth-order valence-corrected chi connectivity index (χ4v) is 3.67. The molecule has 0 unspecified atom stereocenters. The zero-order valence-electron chi connectivity index (χ0n) is 20.2. The molecule has 1 aromatic carbocycles. The Bertz CT molecular complexity index is 1410. The molecule has 3 heterocycles. The van der Waals surface area contributed by atoms with Gasteiger partial charge >= 0.3 is 5.97 Å². The van der Waals surface area contributed by atoms with Crippen LogP contribution in [0.5, 0.6) is 17.4 Å². The van der Waals surface area contributed by atoms with Crippen molar-refractivity contribution in [3.05, 3.63) is 47.8 Å². The Morgan fingerprint density at radius 1 is 1.29 bits per heavy atom. The zero-order valence-corrected chi connectivity index (χ0v) is 20.2. The lowest BCUT2D eigenvalue weighted by molar-refractivity contribution is -0.161. The van der Waals surface area contributed by atoms with Gasteiger partial charge in [0.25, 0.3) is 0 Å². The highest BCUT2D eigenvalue weighted by Crippen LogP contribution is 2.35. The Morgan fingerprint density at radius 3 is 2.80 bits per heavy atom. The van der Waals surface area contributed by atoms with Crippen molar-refractivity contribution in [2.45, 2.75) is 47.1 Å². The number of halogens is 1. The van der Waals surface area contributed by atoms with Crippen LogP contribution in [0.1, 0.15) is 38.4 Å². The molecule has 184 valence electrons. The number of nitrogens with zero attached hydrogens (tertiary/aromatic N) is 3. The first-order valence-electron chi connectivity index (χ1n) is 11.2. The number of aryl methyl sites for hydroxylation is 2. The molecule has 0 radical (unpaired) electrons. The molecule has 0 fully saturated rings. The van der Waals surface area contributed by atoms with Gasteiger partial charge in [-0.15, -0.1) is 0 Å². The molecule has 1 atom stereocenters. The van der Waals surface area contributed by atoms with Crippen molar-refractivity contribution in [1.29, 1.82) is 0 Å². The fourth-order valence-electron chi connectivity index (χ4n) is 3.67. The lowest BCUT2D eigenvalue weighted by Crippen LogP contribution is -2.32. The minimum Gasteiger partial charge on any atom is -0.488 e. The van der Waals surface area contributed by atoms with E-state index in [0.717, 1.165) is 5.69 Å². The van der Waals surface area contributed by atoms with Crippen LogP contribution in [-0.4, -0.2) is 44.5 Å². The van der Waals surface area contributed by atoms with Crippen LogP contribution in [-0.2, 0) is 14.3 Å². The Balaban J connectivity index is 1.53. The van der Waals surface area contributed by atoms with Crippen LogP contribution in [0.15, 0.2) is 30.7 Å². The summed E-state index contributed by atoms with van der Waals surface area (Å²) in [6, 6.07) is 5.01. The standard InChI is InChI=1S/C25H27FN4O5/c1-14-10-17-18(29-14)6-7-19(21(17)26)35-23-22-16(3)20(11-30(22)28-13-27-23)33-12-15(2)34-24(32)25(4,5)8-9-31/h6-7,9-11,13,15,29H,8,12H2,1-5H3/t15-/m1/s1. The third-order valence-corrected chi connectivity index (χ3v) is 5.72. The van der Waals surface area contributed by atoms with Crippen LogP contribution in [0.25, 0.3) is 16.4 Å². The maximum Gasteiger partial charge on any atom is 0.312 e. The topological polar surface area (TPSA) is 108 Å². The van der Waals surface area contributed by atoms with Gasteiger partial charge < -0.3 is 24.0 Å². The molecule has 3 aromatic heterocycles. The van der Waals surface area contributed by atoms with Crippen LogP contribution in [0, 0.1) is 25.1 Å². The normalized spacial score (nSPS) is 12.6. The number of rotatable bonds is 9. The second kappa shape index (κ2) is 9.36. The van der Waals surface area contributed by atoms with Crippen LogP contribution in [0.2, 0.25) is 0 Å². The molecule has 1 N–H and O–H groups in total. The number of ether oxygens (including phenoxy) is 3. The summed E-state index contributed by atoms with van der Waals surface area (Å²) in [5, 5.41) is 4.63. The van der Waals surface area contributed by atoms with E-state index in [9.17, 15) is 9.59 Å². The summed E-state index contributed by atoms with van der Waals surface area (Å²) in [6.45, 7) is 8.76. The predicted molar refractivity (Wildman–Crippen MR) is 126 cm³/mol. The number of carbonyl (C=O) groups excluding carboxylic acids is 2. The number of fused-ring (bicyclic) bond motifs is 2. The molecule has 4 aromatic rings. The average molecular weight is 483 g/mol. The van der Waals surface area contributed by atoms with Gasteiger partial charge in [0.1, 0.15) is 36.6 Å². The number of nitrogens with one attached hydrogen (secondary N) is 1. The average Bonchev–Trinajstić information content (AvgIpc) is 3.34. The van der Waals surface area contributed by atoms with Crippen LogP contribution in [0.3, 0.4) is 0 Å². The lowest BCUT2D eigenvalue weighted by atomic mass is 9.90. The summed E-state index contributed by atoms with van der Waals surface area (Å²) in [4.78, 5) is 30.4. The summed E-state index contributed by atoms with van der Waals surface area (Å²) in [5.41, 5.74) is 1.81. The van der Waals surface area contributed by atoms with Crippen molar-refractivity contribution in [2.75, 3.05) is 6.61 Å². The smallest absolute Gasteiger partial charge is 0.312 e. The van der Waals surface area contributed by atoms with Crippen molar-refractivity contribution in [3.8, 4) is 17.4 Å². The van der Waals surface area contributed by atoms with Crippen LogP contribution >= 0.6 is 0 Å². The maximum atomic E-state index is 15.0. The Labute approximate surface area is 201 Å². The molecule has 10 heteroatoms. The van der Waals surface area contributed by atoms with Gasteiger partial charge in [0.05, 0.1) is 11.6 Å². The first kappa shape index (κ1) is 24.2. The van der Waals surface area contributed by atoms with Gasteiger partial charge in [-0.1, -0.05) is 0 Å². The molecule has 4 rings (SSSR count). The Hall–Kier alpha value is -3.95. The van der Waals surface area contributed by atoms with Crippen LogP contribution in [0.4, 0.5) is 4.39 Å². The molecule has 0 bridgehead atoms. The summed E-state index contributed by atoms with van der Waals surface area (Å²) in [5.74, 6) is -0.260. The number of esters is 1. The van der Waals surface area contributed by atoms with E-state index in [1.807, 2.05) is 6.92 Å². The molecule has 0 aliphatic rings. The molecule has 9 nitrogen and oxygen atoms in total. The van der Waals surface area contributed by atoms with Crippen molar-refractivity contribution < 1.29 is 28.2 Å². The second-order valence-electron chi connectivity index (χ2n) is 9.15. The SMILES string of the molecule is Cc1cc2c(F)c(Oc3ncnn4cc(OC[C@@H](C)OC(=O)C(C)(C)CC=O)c(C)c34)ccc2[nH]1. The van der Waals surface area contributed by atoms with Crippen molar-refractivity contribution in [1.82, 2.24) is 19.6 Å². The van der Waals surface area contributed by atoms with E-state index in [1.165, 1.54) is 10.8 Å². The van der Waals surface area contributed by atoms with E-state index < -0.39 is 23.3 Å².